The maximum absolute atomic E-state index is 10.8. The molecule has 0 amide bonds. The molecule has 1 unspecified atom stereocenters. The first-order valence-corrected chi connectivity index (χ1v) is 8.87. The monoisotopic (exact) mass is 485 g/mol. The number of halogens is 3. The van der Waals surface area contributed by atoms with Crippen LogP contribution in [0.1, 0.15) is 17.2 Å². The summed E-state index contributed by atoms with van der Waals surface area (Å²) in [6.45, 7) is 0.101. The van der Waals surface area contributed by atoms with Gasteiger partial charge in [-0.25, -0.2) is 0 Å². The normalized spacial score (nSPS) is 16.5. The van der Waals surface area contributed by atoms with Crippen molar-refractivity contribution in [2.45, 2.75) is 6.10 Å². The average molecular weight is 488 g/mol. The lowest BCUT2D eigenvalue weighted by Crippen LogP contribution is -2.17. The Balaban J connectivity index is 2.08. The Morgan fingerprint density at radius 1 is 1.05 bits per heavy atom. The molecule has 0 saturated carbocycles. The van der Waals surface area contributed by atoms with Gasteiger partial charge < -0.3 is 4.74 Å². The predicted octanol–water partition coefficient (Wildman–Crippen LogP) is 6.26. The molecular formula is C16H10Br3NO2. The summed E-state index contributed by atoms with van der Waals surface area (Å²) in [7, 11) is 0. The Morgan fingerprint density at radius 2 is 1.77 bits per heavy atom. The third kappa shape index (κ3) is 3.19. The molecule has 0 aromatic heterocycles. The van der Waals surface area contributed by atoms with Crippen LogP contribution in [0.25, 0.3) is 6.08 Å². The summed E-state index contributed by atoms with van der Waals surface area (Å²) in [5.74, 6) is 0.769. The SMILES string of the molecule is O=NCC1=Cc2cc(Br)cc(Br)c2OC1c1ccc(Br)cc1. The van der Waals surface area contributed by atoms with E-state index in [4.69, 9.17) is 4.74 Å². The van der Waals surface area contributed by atoms with Gasteiger partial charge in [0.1, 0.15) is 18.4 Å². The van der Waals surface area contributed by atoms with Crippen molar-refractivity contribution in [2.75, 3.05) is 6.54 Å². The molecule has 6 heteroatoms. The van der Waals surface area contributed by atoms with E-state index in [1.807, 2.05) is 42.5 Å². The minimum atomic E-state index is -0.309. The maximum atomic E-state index is 10.8. The van der Waals surface area contributed by atoms with E-state index in [0.29, 0.717) is 0 Å². The highest BCUT2D eigenvalue weighted by Crippen LogP contribution is 2.43. The Kier molecular flexibility index (Phi) is 4.80. The topological polar surface area (TPSA) is 38.7 Å². The van der Waals surface area contributed by atoms with Crippen LogP contribution < -0.4 is 4.74 Å². The van der Waals surface area contributed by atoms with E-state index in [1.54, 1.807) is 0 Å². The van der Waals surface area contributed by atoms with Crippen molar-refractivity contribution < 1.29 is 4.74 Å². The van der Waals surface area contributed by atoms with Gasteiger partial charge in [-0.2, -0.15) is 4.91 Å². The van der Waals surface area contributed by atoms with E-state index in [0.717, 1.165) is 35.9 Å². The number of hydrogen-bond donors (Lipinski definition) is 0. The van der Waals surface area contributed by atoms with E-state index in [-0.39, 0.29) is 12.6 Å². The second kappa shape index (κ2) is 6.64. The van der Waals surface area contributed by atoms with E-state index in [9.17, 15) is 4.91 Å². The van der Waals surface area contributed by atoms with Crippen LogP contribution in [-0.4, -0.2) is 6.54 Å². The third-order valence-corrected chi connectivity index (χ3v) is 4.95. The molecule has 3 nitrogen and oxygen atoms in total. The first kappa shape index (κ1) is 15.9. The van der Waals surface area contributed by atoms with E-state index >= 15 is 0 Å². The average Bonchev–Trinajstić information content (AvgIpc) is 2.48. The first-order valence-electron chi connectivity index (χ1n) is 6.49. The van der Waals surface area contributed by atoms with Crippen molar-refractivity contribution in [3.05, 3.63) is 71.4 Å². The highest BCUT2D eigenvalue weighted by molar-refractivity contribution is 9.11. The third-order valence-electron chi connectivity index (χ3n) is 3.37. The van der Waals surface area contributed by atoms with Crippen molar-refractivity contribution >= 4 is 53.9 Å². The fraction of sp³-hybridized carbons (Fsp3) is 0.125. The zero-order chi connectivity index (χ0) is 15.7. The zero-order valence-corrected chi connectivity index (χ0v) is 16.0. The molecule has 0 fully saturated rings. The standard InChI is InChI=1S/C16H10Br3NO2/c17-12-3-1-9(2-4-12)15-11(8-20-21)5-10-6-13(18)7-14(19)16(10)22-15/h1-7,15H,8H2. The highest BCUT2D eigenvalue weighted by atomic mass is 79.9. The molecule has 1 atom stereocenters. The molecule has 0 radical (unpaired) electrons. The van der Waals surface area contributed by atoms with Gasteiger partial charge in [-0.15, -0.1) is 0 Å². The summed E-state index contributed by atoms with van der Waals surface area (Å²) in [6, 6.07) is 11.8. The molecule has 1 heterocycles. The van der Waals surface area contributed by atoms with E-state index in [1.165, 1.54) is 0 Å². The van der Waals surface area contributed by atoms with Gasteiger partial charge in [0.15, 0.2) is 0 Å². The summed E-state index contributed by atoms with van der Waals surface area (Å²) in [5.41, 5.74) is 2.75. The molecule has 0 N–H and O–H groups in total. The van der Waals surface area contributed by atoms with Crippen molar-refractivity contribution in [2.24, 2.45) is 5.18 Å². The minimum Gasteiger partial charge on any atom is -0.479 e. The Hall–Kier alpha value is -0.980. The van der Waals surface area contributed by atoms with Gasteiger partial charge in [0, 0.05) is 20.1 Å². The molecule has 0 bridgehead atoms. The summed E-state index contributed by atoms with van der Waals surface area (Å²) >= 11 is 10.4. The quantitative estimate of drug-likeness (QED) is 0.479. The fourth-order valence-corrected chi connectivity index (χ4v) is 4.02. The molecule has 1 aliphatic rings. The van der Waals surface area contributed by atoms with Gasteiger partial charge in [-0.05, 0) is 51.8 Å². The van der Waals surface area contributed by atoms with Crippen LogP contribution >= 0.6 is 47.8 Å². The van der Waals surface area contributed by atoms with Crippen molar-refractivity contribution in [3.63, 3.8) is 0 Å². The highest BCUT2D eigenvalue weighted by Gasteiger charge is 2.26. The van der Waals surface area contributed by atoms with Gasteiger partial charge in [-0.3, -0.25) is 0 Å². The Bertz CT molecular complexity index is 757. The fourth-order valence-electron chi connectivity index (χ4n) is 2.40. The van der Waals surface area contributed by atoms with Crippen LogP contribution in [0.2, 0.25) is 0 Å². The summed E-state index contributed by atoms with van der Waals surface area (Å²) in [4.78, 5) is 10.8. The largest absolute Gasteiger partial charge is 0.479 e. The molecule has 22 heavy (non-hydrogen) atoms. The number of rotatable bonds is 3. The number of nitroso groups, excluding NO2 is 1. The lowest BCUT2D eigenvalue weighted by molar-refractivity contribution is 0.235. The van der Waals surface area contributed by atoms with Gasteiger partial charge in [0.05, 0.1) is 4.47 Å². The number of benzene rings is 2. The van der Waals surface area contributed by atoms with Crippen molar-refractivity contribution in [3.8, 4) is 5.75 Å². The molecule has 112 valence electrons. The van der Waals surface area contributed by atoms with E-state index in [2.05, 4.69) is 53.0 Å². The second-order valence-electron chi connectivity index (χ2n) is 4.86. The number of hydrogen-bond acceptors (Lipinski definition) is 3. The Labute approximate surface area is 153 Å². The molecular weight excluding hydrogens is 478 g/mol. The van der Waals surface area contributed by atoms with Crippen LogP contribution in [-0.2, 0) is 0 Å². The second-order valence-corrected chi connectivity index (χ2v) is 7.55. The Morgan fingerprint density at radius 3 is 2.45 bits per heavy atom. The molecule has 0 saturated heterocycles. The van der Waals surface area contributed by atoms with Gasteiger partial charge in [0.2, 0.25) is 0 Å². The zero-order valence-electron chi connectivity index (χ0n) is 11.2. The number of fused-ring (bicyclic) bond motifs is 1. The van der Waals surface area contributed by atoms with Crippen LogP contribution in [0.15, 0.2) is 60.6 Å². The molecule has 0 aliphatic carbocycles. The lowest BCUT2D eigenvalue weighted by atomic mass is 9.96. The molecule has 3 rings (SSSR count). The predicted molar refractivity (Wildman–Crippen MR) is 98.0 cm³/mol. The summed E-state index contributed by atoms with van der Waals surface area (Å²) in [5, 5.41) is 3.04. The summed E-state index contributed by atoms with van der Waals surface area (Å²) in [6.07, 6.45) is 1.67. The van der Waals surface area contributed by atoms with Gasteiger partial charge in [-0.1, -0.05) is 49.2 Å². The summed E-state index contributed by atoms with van der Waals surface area (Å²) < 4.78 is 8.97. The smallest absolute Gasteiger partial charge is 0.147 e. The van der Waals surface area contributed by atoms with Gasteiger partial charge in [0.25, 0.3) is 0 Å². The molecule has 2 aromatic rings. The minimum absolute atomic E-state index is 0.101. The van der Waals surface area contributed by atoms with Crippen molar-refractivity contribution in [1.29, 1.82) is 0 Å². The van der Waals surface area contributed by atoms with Crippen molar-refractivity contribution in [1.82, 2.24) is 0 Å². The van der Waals surface area contributed by atoms with Crippen LogP contribution in [0.4, 0.5) is 0 Å². The first-order chi connectivity index (χ1) is 10.6. The molecule has 2 aromatic carbocycles. The van der Waals surface area contributed by atoms with Crippen LogP contribution in [0.3, 0.4) is 0 Å². The van der Waals surface area contributed by atoms with Crippen LogP contribution in [0, 0.1) is 4.91 Å². The number of nitrogens with zero attached hydrogens (tertiary/aromatic N) is 1. The van der Waals surface area contributed by atoms with E-state index < -0.39 is 0 Å². The maximum Gasteiger partial charge on any atom is 0.147 e. The van der Waals surface area contributed by atoms with Crippen LogP contribution in [0.5, 0.6) is 5.75 Å². The molecule has 0 spiro atoms. The molecule has 1 aliphatic heterocycles. The lowest BCUT2D eigenvalue weighted by Gasteiger charge is -2.27. The van der Waals surface area contributed by atoms with Gasteiger partial charge >= 0.3 is 0 Å². The number of ether oxygens (including phenoxy) is 1.